The molecule has 0 bridgehead atoms. The highest BCUT2D eigenvalue weighted by Crippen LogP contribution is 2.29. The van der Waals surface area contributed by atoms with Gasteiger partial charge < -0.3 is 0 Å². The number of halogens is 3. The van der Waals surface area contributed by atoms with Crippen LogP contribution in [0.3, 0.4) is 0 Å². The minimum Gasteiger partial charge on any atom is -0.233 e. The molecular weight excluding hydrogens is 365 g/mol. The molecule has 136 valence electrons. The number of alkyl halides is 2. The molecular formula is C18H15F3N2O2S. The van der Waals surface area contributed by atoms with Crippen LogP contribution in [0, 0.1) is 12.7 Å². The first-order valence-corrected chi connectivity index (χ1v) is 9.51. The van der Waals surface area contributed by atoms with Gasteiger partial charge in [0.2, 0.25) is 0 Å². The van der Waals surface area contributed by atoms with Gasteiger partial charge in [-0.15, -0.1) is 0 Å². The lowest BCUT2D eigenvalue weighted by Crippen LogP contribution is -2.05. The largest absolute Gasteiger partial charge is 0.282 e. The van der Waals surface area contributed by atoms with Crippen molar-refractivity contribution in [3.8, 4) is 16.9 Å². The second-order valence-corrected chi connectivity index (χ2v) is 7.91. The van der Waals surface area contributed by atoms with E-state index in [4.69, 9.17) is 0 Å². The summed E-state index contributed by atoms with van der Waals surface area (Å²) in [4.78, 5) is -0.459. The lowest BCUT2D eigenvalue weighted by Gasteiger charge is -2.10. The van der Waals surface area contributed by atoms with Gasteiger partial charge >= 0.3 is 0 Å². The van der Waals surface area contributed by atoms with Gasteiger partial charge in [0.05, 0.1) is 11.4 Å². The topological polar surface area (TPSA) is 52.0 Å². The van der Waals surface area contributed by atoms with Crippen LogP contribution in [0.2, 0.25) is 0 Å². The van der Waals surface area contributed by atoms with E-state index in [1.54, 1.807) is 18.2 Å². The van der Waals surface area contributed by atoms with Crippen LogP contribution in [0.4, 0.5) is 13.2 Å². The van der Waals surface area contributed by atoms with Crippen molar-refractivity contribution in [3.05, 3.63) is 65.6 Å². The fourth-order valence-corrected chi connectivity index (χ4v) is 3.36. The fourth-order valence-electron chi connectivity index (χ4n) is 2.64. The van der Waals surface area contributed by atoms with E-state index >= 15 is 0 Å². The quantitative estimate of drug-likeness (QED) is 0.677. The van der Waals surface area contributed by atoms with Crippen molar-refractivity contribution in [2.75, 3.05) is 6.26 Å². The van der Waals surface area contributed by atoms with Crippen LogP contribution >= 0.6 is 0 Å². The average Bonchev–Trinajstić information content (AvgIpc) is 2.99. The zero-order chi connectivity index (χ0) is 19.1. The summed E-state index contributed by atoms with van der Waals surface area (Å²) in [5, 5.41) is 3.87. The molecule has 0 saturated heterocycles. The number of aromatic nitrogens is 2. The van der Waals surface area contributed by atoms with Crippen molar-refractivity contribution in [2.45, 2.75) is 18.2 Å². The molecule has 0 saturated carbocycles. The third-order valence-corrected chi connectivity index (χ3v) is 4.96. The Morgan fingerprint density at radius 1 is 1.08 bits per heavy atom. The highest BCUT2D eigenvalue weighted by Gasteiger charge is 2.20. The maximum atomic E-state index is 14.2. The first kappa shape index (κ1) is 18.2. The van der Waals surface area contributed by atoms with Crippen LogP contribution < -0.4 is 0 Å². The van der Waals surface area contributed by atoms with E-state index < -0.39 is 32.7 Å². The van der Waals surface area contributed by atoms with Crippen molar-refractivity contribution in [3.63, 3.8) is 0 Å². The minimum absolute atomic E-state index is 0.151. The summed E-state index contributed by atoms with van der Waals surface area (Å²) in [6, 6.07) is 11.8. The lowest BCUT2D eigenvalue weighted by atomic mass is 10.1. The molecule has 0 N–H and O–H groups in total. The number of benzene rings is 2. The zero-order valence-electron chi connectivity index (χ0n) is 13.9. The van der Waals surface area contributed by atoms with Gasteiger partial charge in [0.1, 0.15) is 16.4 Å². The van der Waals surface area contributed by atoms with Crippen molar-refractivity contribution < 1.29 is 21.6 Å². The van der Waals surface area contributed by atoms with Gasteiger partial charge in [-0.05, 0) is 31.2 Å². The number of hydrogen-bond acceptors (Lipinski definition) is 3. The van der Waals surface area contributed by atoms with Gasteiger partial charge in [0, 0.05) is 17.9 Å². The van der Waals surface area contributed by atoms with Crippen LogP contribution in [0.1, 0.15) is 17.7 Å². The second kappa shape index (κ2) is 6.60. The maximum Gasteiger partial charge on any atom is 0.282 e. The van der Waals surface area contributed by atoms with E-state index in [-0.39, 0.29) is 5.69 Å². The standard InChI is InChI=1S/C18H15F3N2O2S/c1-11-4-3-5-12(8-11)16-10-15(18(20)21)22-23(16)13-6-7-17(14(19)9-13)26(2,24)25/h3-10,18H,1-2H3. The lowest BCUT2D eigenvalue weighted by molar-refractivity contribution is 0.145. The molecule has 3 aromatic rings. The number of hydrogen-bond donors (Lipinski definition) is 0. The first-order chi connectivity index (χ1) is 12.2. The van der Waals surface area contributed by atoms with Crippen molar-refractivity contribution in [1.29, 1.82) is 0 Å². The van der Waals surface area contributed by atoms with Crippen LogP contribution in [0.15, 0.2) is 53.4 Å². The van der Waals surface area contributed by atoms with Crippen LogP contribution in [-0.4, -0.2) is 24.5 Å². The van der Waals surface area contributed by atoms with E-state index in [9.17, 15) is 21.6 Å². The van der Waals surface area contributed by atoms with E-state index in [2.05, 4.69) is 5.10 Å². The molecule has 1 aromatic heterocycles. The van der Waals surface area contributed by atoms with Gasteiger partial charge in [-0.3, -0.25) is 0 Å². The molecule has 2 aromatic carbocycles. The summed E-state index contributed by atoms with van der Waals surface area (Å²) in [6.07, 6.45) is -1.90. The van der Waals surface area contributed by atoms with E-state index in [1.807, 2.05) is 13.0 Å². The molecule has 0 aliphatic heterocycles. The second-order valence-electron chi connectivity index (χ2n) is 5.92. The Bertz CT molecular complexity index is 1080. The Morgan fingerprint density at radius 2 is 1.81 bits per heavy atom. The molecule has 0 unspecified atom stereocenters. The summed E-state index contributed by atoms with van der Waals surface area (Å²) < 4.78 is 64.8. The van der Waals surface area contributed by atoms with Gasteiger partial charge in [-0.2, -0.15) is 5.10 Å². The summed E-state index contributed by atoms with van der Waals surface area (Å²) in [7, 11) is -3.73. The monoisotopic (exact) mass is 380 g/mol. The molecule has 0 aliphatic rings. The van der Waals surface area contributed by atoms with Gasteiger partial charge in [-0.1, -0.05) is 23.8 Å². The molecule has 0 fully saturated rings. The predicted octanol–water partition coefficient (Wildman–Crippen LogP) is 4.33. The van der Waals surface area contributed by atoms with Crippen LogP contribution in [0.25, 0.3) is 16.9 Å². The highest BCUT2D eigenvalue weighted by molar-refractivity contribution is 7.90. The molecule has 1 heterocycles. The van der Waals surface area contributed by atoms with Gasteiger partial charge in [0.15, 0.2) is 9.84 Å². The molecule has 0 spiro atoms. The predicted molar refractivity (Wildman–Crippen MR) is 91.8 cm³/mol. The SMILES string of the molecule is Cc1cccc(-c2cc(C(F)F)nn2-c2ccc(S(C)(=O)=O)c(F)c2)c1. The molecule has 26 heavy (non-hydrogen) atoms. The van der Waals surface area contributed by atoms with Crippen molar-refractivity contribution in [2.24, 2.45) is 0 Å². The molecule has 0 radical (unpaired) electrons. The molecule has 4 nitrogen and oxygen atoms in total. The first-order valence-electron chi connectivity index (χ1n) is 7.62. The average molecular weight is 380 g/mol. The highest BCUT2D eigenvalue weighted by atomic mass is 32.2. The normalized spacial score (nSPS) is 11.9. The Labute approximate surface area is 148 Å². The minimum atomic E-state index is -3.73. The number of sulfone groups is 1. The summed E-state index contributed by atoms with van der Waals surface area (Å²) in [5.41, 5.74) is 1.62. The molecule has 0 amide bonds. The molecule has 0 atom stereocenters. The Balaban J connectivity index is 2.20. The maximum absolute atomic E-state index is 14.2. The van der Waals surface area contributed by atoms with Gasteiger partial charge in [0.25, 0.3) is 6.43 Å². The zero-order valence-corrected chi connectivity index (χ0v) is 14.8. The summed E-state index contributed by atoms with van der Waals surface area (Å²) in [6.45, 7) is 1.86. The number of aryl methyl sites for hydroxylation is 1. The summed E-state index contributed by atoms with van der Waals surface area (Å²) in [5.74, 6) is -0.964. The summed E-state index contributed by atoms with van der Waals surface area (Å²) >= 11 is 0. The Kier molecular flexibility index (Phi) is 4.62. The Morgan fingerprint density at radius 3 is 2.38 bits per heavy atom. The fraction of sp³-hybridized carbons (Fsp3) is 0.167. The molecule has 0 aliphatic carbocycles. The third-order valence-electron chi connectivity index (χ3n) is 3.83. The van der Waals surface area contributed by atoms with Gasteiger partial charge in [-0.25, -0.2) is 26.3 Å². The van der Waals surface area contributed by atoms with E-state index in [0.717, 1.165) is 24.0 Å². The van der Waals surface area contributed by atoms with Crippen molar-refractivity contribution in [1.82, 2.24) is 9.78 Å². The smallest absolute Gasteiger partial charge is 0.233 e. The van der Waals surface area contributed by atoms with Crippen LogP contribution in [-0.2, 0) is 9.84 Å². The Hall–Kier alpha value is -2.61. The molecule has 8 heteroatoms. The number of nitrogens with zero attached hydrogens (tertiary/aromatic N) is 2. The molecule has 3 rings (SSSR count). The van der Waals surface area contributed by atoms with E-state index in [0.29, 0.717) is 11.3 Å². The van der Waals surface area contributed by atoms with Crippen molar-refractivity contribution >= 4 is 9.84 Å². The van der Waals surface area contributed by atoms with Crippen LogP contribution in [0.5, 0.6) is 0 Å². The third kappa shape index (κ3) is 3.50. The number of rotatable bonds is 4. The van der Waals surface area contributed by atoms with E-state index in [1.165, 1.54) is 16.8 Å².